The fourth-order valence-corrected chi connectivity index (χ4v) is 3.42. The molecular formula is C20H20ClN3O2. The molecule has 1 saturated heterocycles. The highest BCUT2D eigenvalue weighted by Crippen LogP contribution is 2.37. The van der Waals surface area contributed by atoms with Crippen molar-refractivity contribution in [3.05, 3.63) is 65.0 Å². The molecule has 3 heterocycles. The van der Waals surface area contributed by atoms with E-state index in [1.54, 1.807) is 0 Å². The zero-order valence-corrected chi connectivity index (χ0v) is 15.1. The van der Waals surface area contributed by atoms with E-state index in [-0.39, 0.29) is 12.0 Å². The molecule has 1 aromatic carbocycles. The molecule has 4 rings (SSSR count). The van der Waals surface area contributed by atoms with Gasteiger partial charge in [-0.2, -0.15) is 0 Å². The van der Waals surface area contributed by atoms with Crippen molar-refractivity contribution in [1.29, 1.82) is 0 Å². The zero-order valence-electron chi connectivity index (χ0n) is 14.3. The maximum Gasteiger partial charge on any atom is 0.267 e. The number of anilines is 2. The predicted octanol–water partition coefficient (Wildman–Crippen LogP) is 4.26. The minimum atomic E-state index is -0.134. The number of fused-ring (bicyclic) bond motifs is 1. The minimum absolute atomic E-state index is 0.119. The number of benzene rings is 1. The molecule has 1 unspecified atom stereocenters. The van der Waals surface area contributed by atoms with Crippen molar-refractivity contribution < 1.29 is 9.53 Å². The zero-order chi connectivity index (χ0) is 18.1. The van der Waals surface area contributed by atoms with Crippen LogP contribution in [-0.2, 0) is 4.74 Å². The van der Waals surface area contributed by atoms with Gasteiger partial charge >= 0.3 is 0 Å². The normalized spacial score (nSPS) is 18.9. The van der Waals surface area contributed by atoms with E-state index in [0.717, 1.165) is 42.2 Å². The van der Waals surface area contributed by atoms with Crippen LogP contribution in [0.1, 0.15) is 28.9 Å². The molecule has 2 aromatic rings. The number of ether oxygens (including phenoxy) is 1. The number of carbonyl (C=O) groups excluding carboxylic acids is 1. The number of hydrogen-bond acceptors (Lipinski definition) is 3. The van der Waals surface area contributed by atoms with Gasteiger partial charge in [0.1, 0.15) is 11.5 Å². The number of carbonyl (C=O) groups is 1. The first-order chi connectivity index (χ1) is 12.6. The second-order valence-corrected chi connectivity index (χ2v) is 6.90. The molecule has 0 spiro atoms. The summed E-state index contributed by atoms with van der Waals surface area (Å²) in [6.45, 7) is 5.42. The molecule has 0 bridgehead atoms. The summed E-state index contributed by atoms with van der Waals surface area (Å²) in [6.07, 6.45) is 6.05. The lowest BCUT2D eigenvalue weighted by molar-refractivity contribution is 0.0854. The smallest absolute Gasteiger partial charge is 0.267 e. The lowest BCUT2D eigenvalue weighted by Crippen LogP contribution is -2.32. The van der Waals surface area contributed by atoms with Gasteiger partial charge in [0.15, 0.2) is 0 Å². The van der Waals surface area contributed by atoms with E-state index in [1.807, 2.05) is 47.4 Å². The highest BCUT2D eigenvalue weighted by molar-refractivity contribution is 6.30. The highest BCUT2D eigenvalue weighted by atomic mass is 35.5. The Balaban J connectivity index is 1.56. The number of H-pyrrole nitrogens is 1. The standard InChI is InChI=1S/C20H20ClN3O2/c1-13-4-5-14-11-18(20(25)22-12-17-3-2-10-26-17)23-19(14)24(13)16-8-6-15(21)7-9-16/h4-9,11,17,23H,1-3,10,12H2,(H,22,25). The lowest BCUT2D eigenvalue weighted by atomic mass is 10.1. The number of aromatic nitrogens is 1. The van der Waals surface area contributed by atoms with Crippen LogP contribution in [0.5, 0.6) is 0 Å². The van der Waals surface area contributed by atoms with Gasteiger partial charge in [-0.15, -0.1) is 0 Å². The first-order valence-electron chi connectivity index (χ1n) is 8.67. The summed E-state index contributed by atoms with van der Waals surface area (Å²) in [6, 6.07) is 9.37. The van der Waals surface area contributed by atoms with Crippen LogP contribution in [-0.4, -0.2) is 30.1 Å². The van der Waals surface area contributed by atoms with Crippen LogP contribution in [0, 0.1) is 0 Å². The van der Waals surface area contributed by atoms with Crippen molar-refractivity contribution in [2.24, 2.45) is 0 Å². The predicted molar refractivity (Wildman–Crippen MR) is 104 cm³/mol. The maximum atomic E-state index is 12.5. The topological polar surface area (TPSA) is 57.4 Å². The van der Waals surface area contributed by atoms with Gasteiger partial charge in [0.25, 0.3) is 5.91 Å². The van der Waals surface area contributed by atoms with Crippen LogP contribution in [0.2, 0.25) is 5.02 Å². The Kier molecular flexibility index (Phi) is 4.57. The van der Waals surface area contributed by atoms with E-state index in [1.165, 1.54) is 0 Å². The quantitative estimate of drug-likeness (QED) is 0.846. The number of allylic oxidation sites excluding steroid dienone is 1. The summed E-state index contributed by atoms with van der Waals surface area (Å²) >= 11 is 6.00. The third-order valence-electron chi connectivity index (χ3n) is 4.64. The Morgan fingerprint density at radius 2 is 2.15 bits per heavy atom. The Morgan fingerprint density at radius 3 is 2.88 bits per heavy atom. The molecular weight excluding hydrogens is 350 g/mol. The molecule has 26 heavy (non-hydrogen) atoms. The van der Waals surface area contributed by atoms with Crippen LogP contribution >= 0.6 is 11.6 Å². The highest BCUT2D eigenvalue weighted by Gasteiger charge is 2.23. The Bertz CT molecular complexity index is 864. The largest absolute Gasteiger partial charge is 0.376 e. The molecule has 1 fully saturated rings. The van der Waals surface area contributed by atoms with Crippen LogP contribution in [0.3, 0.4) is 0 Å². The molecule has 134 valence electrons. The molecule has 1 amide bonds. The number of amides is 1. The molecule has 0 aliphatic carbocycles. The molecule has 1 aromatic heterocycles. The fraction of sp³-hybridized carbons (Fsp3) is 0.250. The number of aromatic amines is 1. The Hall–Kier alpha value is -2.50. The number of hydrogen-bond donors (Lipinski definition) is 2. The first-order valence-corrected chi connectivity index (χ1v) is 9.05. The van der Waals surface area contributed by atoms with E-state index in [0.29, 0.717) is 17.3 Å². The van der Waals surface area contributed by atoms with Crippen molar-refractivity contribution in [2.45, 2.75) is 18.9 Å². The van der Waals surface area contributed by atoms with Crippen molar-refractivity contribution >= 4 is 35.1 Å². The van der Waals surface area contributed by atoms with E-state index in [4.69, 9.17) is 16.3 Å². The summed E-state index contributed by atoms with van der Waals surface area (Å²) in [5.74, 6) is 0.687. The summed E-state index contributed by atoms with van der Waals surface area (Å²) < 4.78 is 5.55. The Labute approximate surface area is 157 Å². The summed E-state index contributed by atoms with van der Waals surface area (Å²) in [5, 5.41) is 3.62. The first kappa shape index (κ1) is 16.9. The van der Waals surface area contributed by atoms with Crippen LogP contribution in [0.4, 0.5) is 11.5 Å². The molecule has 0 saturated carbocycles. The second kappa shape index (κ2) is 7.02. The van der Waals surface area contributed by atoms with E-state index >= 15 is 0 Å². The average Bonchev–Trinajstić information content (AvgIpc) is 3.30. The summed E-state index contributed by atoms with van der Waals surface area (Å²) in [4.78, 5) is 17.7. The molecule has 2 N–H and O–H groups in total. The Morgan fingerprint density at radius 1 is 1.35 bits per heavy atom. The number of nitrogens with zero attached hydrogens (tertiary/aromatic N) is 1. The molecule has 6 heteroatoms. The van der Waals surface area contributed by atoms with Crippen LogP contribution < -0.4 is 10.2 Å². The lowest BCUT2D eigenvalue weighted by Gasteiger charge is -2.27. The van der Waals surface area contributed by atoms with Crippen LogP contribution in [0.25, 0.3) is 6.08 Å². The maximum absolute atomic E-state index is 12.5. The van der Waals surface area contributed by atoms with Crippen molar-refractivity contribution in [3.8, 4) is 0 Å². The van der Waals surface area contributed by atoms with Gasteiger partial charge < -0.3 is 15.0 Å². The van der Waals surface area contributed by atoms with E-state index in [9.17, 15) is 4.79 Å². The molecule has 1 atom stereocenters. The third-order valence-corrected chi connectivity index (χ3v) is 4.89. The van der Waals surface area contributed by atoms with Gasteiger partial charge in [-0.1, -0.05) is 18.2 Å². The average molecular weight is 370 g/mol. The van der Waals surface area contributed by atoms with Gasteiger partial charge in [-0.25, -0.2) is 0 Å². The van der Waals surface area contributed by atoms with Crippen molar-refractivity contribution in [1.82, 2.24) is 10.3 Å². The van der Waals surface area contributed by atoms with Crippen molar-refractivity contribution in [3.63, 3.8) is 0 Å². The van der Waals surface area contributed by atoms with E-state index in [2.05, 4.69) is 16.9 Å². The third kappa shape index (κ3) is 3.28. The van der Waals surface area contributed by atoms with Gasteiger partial charge in [0, 0.05) is 35.1 Å². The number of nitrogens with one attached hydrogen (secondary N) is 2. The molecule has 0 radical (unpaired) electrons. The molecule has 2 aliphatic heterocycles. The summed E-state index contributed by atoms with van der Waals surface area (Å²) in [5.41, 5.74) is 3.20. The monoisotopic (exact) mass is 369 g/mol. The van der Waals surface area contributed by atoms with Crippen LogP contribution in [0.15, 0.2) is 48.7 Å². The second-order valence-electron chi connectivity index (χ2n) is 6.47. The fourth-order valence-electron chi connectivity index (χ4n) is 3.29. The van der Waals surface area contributed by atoms with Gasteiger partial charge in [0.05, 0.1) is 6.10 Å². The molecule has 2 aliphatic rings. The van der Waals surface area contributed by atoms with Crippen molar-refractivity contribution in [2.75, 3.05) is 18.1 Å². The van der Waals surface area contributed by atoms with Gasteiger partial charge in [-0.05, 0) is 55.3 Å². The SMILES string of the molecule is C=C1C=Cc2cc(C(=O)NCC3CCCO3)[nH]c2N1c1ccc(Cl)cc1. The summed E-state index contributed by atoms with van der Waals surface area (Å²) in [7, 11) is 0. The van der Waals surface area contributed by atoms with Gasteiger partial charge in [-0.3, -0.25) is 9.69 Å². The minimum Gasteiger partial charge on any atom is -0.376 e. The van der Waals surface area contributed by atoms with E-state index < -0.39 is 0 Å². The number of halogens is 1. The van der Waals surface area contributed by atoms with Gasteiger partial charge in [0.2, 0.25) is 0 Å². The molecule has 5 nitrogen and oxygen atoms in total. The number of rotatable bonds is 4.